The molecule has 2 rings (SSSR count). The second kappa shape index (κ2) is 11.0. The molecule has 0 aliphatic carbocycles. The quantitative estimate of drug-likeness (QED) is 0.573. The van der Waals surface area contributed by atoms with Gasteiger partial charge in [0.05, 0.1) is 0 Å². The number of phenolic OH excluding ortho intramolecular Hbond substituents is 2. The van der Waals surface area contributed by atoms with Crippen molar-refractivity contribution in [1.82, 2.24) is 0 Å². The van der Waals surface area contributed by atoms with Crippen LogP contribution in [0, 0.1) is 0 Å². The van der Waals surface area contributed by atoms with E-state index in [1.54, 1.807) is 0 Å². The van der Waals surface area contributed by atoms with Crippen LogP contribution in [-0.4, -0.2) is 10.2 Å². The van der Waals surface area contributed by atoms with Gasteiger partial charge in [0, 0.05) is 0 Å². The fourth-order valence-electron chi connectivity index (χ4n) is 1.19. The Labute approximate surface area is 146 Å². The monoisotopic (exact) mass is 408 g/mol. The number of phenols is 2. The van der Waals surface area contributed by atoms with Crippen LogP contribution in [0.3, 0.4) is 0 Å². The summed E-state index contributed by atoms with van der Waals surface area (Å²) in [7, 11) is -5.74. The molecule has 116 valence electrons. The third-order valence-corrected chi connectivity index (χ3v) is 2.75. The minimum Gasteiger partial charge on any atom is -0.558 e. The van der Waals surface area contributed by atoms with Crippen LogP contribution in [0.25, 0.3) is 0 Å². The third kappa shape index (κ3) is 9.90. The molecule has 0 amide bonds. The summed E-state index contributed by atoms with van der Waals surface area (Å²) in [4.78, 5) is 20.0. The van der Waals surface area contributed by atoms with E-state index < -0.39 is 16.5 Å². The molecule has 2 N–H and O–H groups in total. The third-order valence-electron chi connectivity index (χ3n) is 2.03. The van der Waals surface area contributed by atoms with Crippen LogP contribution in [0.4, 0.5) is 0 Å². The van der Waals surface area contributed by atoms with E-state index in [1.807, 2.05) is 0 Å². The van der Waals surface area contributed by atoms with Gasteiger partial charge in [-0.3, -0.25) is 9.05 Å². The predicted octanol–water partition coefficient (Wildman–Crippen LogP) is 1.57. The molecule has 2 unspecified atom stereocenters. The normalized spacial score (nSPS) is 10.3. The van der Waals surface area contributed by atoms with Crippen molar-refractivity contribution < 1.29 is 57.7 Å². The Morgan fingerprint density at radius 3 is 1.17 bits per heavy atom. The van der Waals surface area contributed by atoms with Crippen molar-refractivity contribution in [2.45, 2.75) is 0 Å². The second-order valence-electron chi connectivity index (χ2n) is 3.62. The van der Waals surface area contributed by atoms with Crippen LogP contribution < -0.4 is 18.8 Å². The summed E-state index contributed by atoms with van der Waals surface area (Å²) in [6, 6.07) is 10.8. The van der Waals surface area contributed by atoms with E-state index in [-0.39, 0.29) is 42.5 Å². The van der Waals surface area contributed by atoms with Crippen molar-refractivity contribution >= 4 is 16.5 Å². The van der Waals surface area contributed by atoms with Gasteiger partial charge in [-0.1, -0.05) is 0 Å². The van der Waals surface area contributed by atoms with E-state index >= 15 is 0 Å². The van der Waals surface area contributed by atoms with Crippen LogP contribution in [0.2, 0.25) is 0 Å². The Morgan fingerprint density at radius 2 is 0.957 bits per heavy atom. The van der Waals surface area contributed by atoms with Crippen LogP contribution in [-0.2, 0) is 28.6 Å². The zero-order valence-electron chi connectivity index (χ0n) is 11.6. The molecule has 0 heterocycles. The van der Waals surface area contributed by atoms with Gasteiger partial charge in [-0.05, 0) is 57.7 Å². The van der Waals surface area contributed by atoms with Gasteiger partial charge in [-0.15, -0.1) is 0 Å². The van der Waals surface area contributed by atoms with Crippen LogP contribution in [0.1, 0.15) is 0 Å². The number of rotatable bonds is 4. The second-order valence-corrected chi connectivity index (χ2v) is 4.88. The summed E-state index contributed by atoms with van der Waals surface area (Å²) >= 11 is 0. The maximum atomic E-state index is 10.0. The zero-order valence-corrected chi connectivity index (χ0v) is 16.3. The zero-order chi connectivity index (χ0) is 16.5. The molecule has 0 aliphatic heterocycles. The summed E-state index contributed by atoms with van der Waals surface area (Å²) < 4.78 is 28.6. The molecule has 0 saturated heterocycles. The van der Waals surface area contributed by atoms with Crippen molar-refractivity contribution in [3.05, 3.63) is 48.5 Å². The van der Waals surface area contributed by atoms with Crippen LogP contribution in [0.5, 0.6) is 23.0 Å². The van der Waals surface area contributed by atoms with E-state index in [0.717, 1.165) is 0 Å². The maximum absolute atomic E-state index is 10.0. The van der Waals surface area contributed by atoms with Crippen molar-refractivity contribution in [3.8, 4) is 23.0 Å². The first-order chi connectivity index (χ1) is 10.4. The summed E-state index contributed by atoms with van der Waals surface area (Å²) in [5.41, 5.74) is 0. The van der Waals surface area contributed by atoms with Crippen molar-refractivity contribution in [3.63, 3.8) is 0 Å². The van der Waals surface area contributed by atoms with Crippen LogP contribution in [0.15, 0.2) is 48.5 Å². The van der Waals surface area contributed by atoms with Gasteiger partial charge in [-0.2, -0.15) is 0 Å². The van der Waals surface area contributed by atoms with Crippen molar-refractivity contribution in [2.24, 2.45) is 0 Å². The minimum atomic E-state index is -2.87. The molecule has 8 nitrogen and oxygen atoms in total. The van der Waals surface area contributed by atoms with E-state index in [9.17, 15) is 18.9 Å². The van der Waals surface area contributed by atoms with Crippen molar-refractivity contribution in [2.75, 3.05) is 0 Å². The smallest absolute Gasteiger partial charge is 0.558 e. The molecular weight excluding hydrogens is 399 g/mol. The molecule has 2 aromatic rings. The van der Waals surface area contributed by atoms with Crippen molar-refractivity contribution in [1.29, 1.82) is 0 Å². The average Bonchev–Trinajstić information content (AvgIpc) is 2.44. The minimum absolute atomic E-state index is 0. The Hall–Kier alpha value is -1.62. The molecule has 0 fully saturated rings. The van der Waals surface area contributed by atoms with Gasteiger partial charge in [0.1, 0.15) is 11.5 Å². The first-order valence-corrected chi connectivity index (χ1v) is 7.78. The molecule has 23 heavy (non-hydrogen) atoms. The fraction of sp³-hybridized carbons (Fsp3) is 0. The number of aromatic hydroxyl groups is 2. The van der Waals surface area contributed by atoms with Gasteiger partial charge in [-0.25, -0.2) is 0 Å². The molecule has 0 spiro atoms. The molecule has 2 aromatic carbocycles. The summed E-state index contributed by atoms with van der Waals surface area (Å²) in [5.74, 6) is 0.523. The van der Waals surface area contributed by atoms with Gasteiger partial charge < -0.3 is 20.0 Å². The van der Waals surface area contributed by atoms with Crippen LogP contribution >= 0.6 is 16.5 Å². The van der Waals surface area contributed by atoms with E-state index in [1.165, 1.54) is 48.5 Å². The molecule has 11 heteroatoms. The maximum Gasteiger partial charge on any atom is 2.00 e. The first kappa shape index (κ1) is 21.4. The largest absolute Gasteiger partial charge is 2.00 e. The van der Waals surface area contributed by atoms with E-state index in [2.05, 4.69) is 9.05 Å². The Kier molecular flexibility index (Phi) is 10.2. The molecule has 0 aliphatic rings. The average molecular weight is 410 g/mol. The summed E-state index contributed by atoms with van der Waals surface area (Å²) in [6.45, 7) is 0. The molecule has 0 radical (unpaired) electrons. The SMILES string of the molecule is O=[P+]([O-])Oc1ccc(O)cc1.O=[P+]([O-])Oc1ccc(O)cc1.[Zn+2]. The standard InChI is InChI=1S/2C6H5O4P.Zn/c2*7-5-1-3-6(4-2-5)10-11(8)9;/h2*1-4,7H;/q;;+2. The molecule has 0 saturated carbocycles. The summed E-state index contributed by atoms with van der Waals surface area (Å²) in [6.07, 6.45) is 0. The fourth-order valence-corrected chi connectivity index (χ4v) is 1.77. The van der Waals surface area contributed by atoms with Gasteiger partial charge >= 0.3 is 36.0 Å². The Bertz CT molecular complexity index is 575. The predicted molar refractivity (Wildman–Crippen MR) is 72.7 cm³/mol. The number of hydrogen-bond acceptors (Lipinski definition) is 8. The number of hydrogen-bond donors (Lipinski definition) is 2. The Morgan fingerprint density at radius 1 is 0.696 bits per heavy atom. The topological polar surface area (TPSA) is 139 Å². The Balaban J connectivity index is 0.000000403. The van der Waals surface area contributed by atoms with Gasteiger partial charge in [0.15, 0.2) is 11.5 Å². The molecule has 2 atom stereocenters. The summed E-state index contributed by atoms with van der Waals surface area (Å²) in [5, 5.41) is 17.6. The molecular formula is C12H10O8P2Zn+2. The first-order valence-electron chi connectivity index (χ1n) is 5.59. The van der Waals surface area contributed by atoms with Gasteiger partial charge in [0.2, 0.25) is 0 Å². The van der Waals surface area contributed by atoms with E-state index in [4.69, 9.17) is 10.2 Å². The van der Waals surface area contributed by atoms with E-state index in [0.29, 0.717) is 0 Å². The molecule has 0 aromatic heterocycles. The molecule has 0 bridgehead atoms. The number of benzene rings is 2. The van der Waals surface area contributed by atoms with Gasteiger partial charge in [0.25, 0.3) is 0 Å².